The Hall–Kier alpha value is -1.76. The van der Waals surface area contributed by atoms with Gasteiger partial charge in [0.1, 0.15) is 6.61 Å². The zero-order chi connectivity index (χ0) is 12.9. The molecular weight excluding hydrogens is 239 g/mol. The third-order valence-corrected chi connectivity index (χ3v) is 1.66. The highest BCUT2D eigenvalue weighted by molar-refractivity contribution is 5.90. The van der Waals surface area contributed by atoms with Crippen LogP contribution >= 0.6 is 0 Å². The predicted octanol–water partition coefficient (Wildman–Crippen LogP) is 1.96. The lowest BCUT2D eigenvalue weighted by Gasteiger charge is -2.08. The number of carbonyl (C=O) groups excluding carboxylic acids is 1. The number of nitrogen functional groups attached to an aromatic ring is 1. The predicted molar refractivity (Wildman–Crippen MR) is 53.1 cm³/mol. The van der Waals surface area contributed by atoms with Crippen molar-refractivity contribution in [3.63, 3.8) is 0 Å². The molecule has 0 aliphatic heterocycles. The van der Waals surface area contributed by atoms with Gasteiger partial charge in [-0.15, -0.1) is 0 Å². The van der Waals surface area contributed by atoms with Crippen LogP contribution in [0.25, 0.3) is 0 Å². The number of esters is 1. The van der Waals surface area contributed by atoms with Crippen LogP contribution in [0, 0.1) is 0 Å². The maximum Gasteiger partial charge on any atom is 0.411 e. The van der Waals surface area contributed by atoms with Gasteiger partial charge in [-0.2, -0.15) is 13.2 Å². The minimum atomic E-state index is -4.44. The molecule has 0 saturated heterocycles. The summed E-state index contributed by atoms with van der Waals surface area (Å²) in [4.78, 5) is 11.3. The number of rotatable bonds is 4. The molecule has 0 bridgehead atoms. The summed E-state index contributed by atoms with van der Waals surface area (Å²) < 4.78 is 43.6. The minimum Gasteiger partial charge on any atom is -0.435 e. The Labute approximate surface area is 95.1 Å². The summed E-state index contributed by atoms with van der Waals surface area (Å²) in [6.07, 6.45) is -4.44. The van der Waals surface area contributed by atoms with E-state index in [0.717, 1.165) is 0 Å². The zero-order valence-electron chi connectivity index (χ0n) is 8.66. The summed E-state index contributed by atoms with van der Waals surface area (Å²) in [5.41, 5.74) is 5.93. The monoisotopic (exact) mass is 249 g/mol. The first kappa shape index (κ1) is 13.3. The van der Waals surface area contributed by atoms with Gasteiger partial charge in [-0.1, -0.05) is 6.07 Å². The standard InChI is InChI=1S/C10H10F3NO3/c11-10(12,13)5-16-6-17-9(15)7-2-1-3-8(14)4-7/h1-4H,5-6,14H2. The number of nitrogens with two attached hydrogens (primary N) is 1. The van der Waals surface area contributed by atoms with Gasteiger partial charge in [0.2, 0.25) is 0 Å². The van der Waals surface area contributed by atoms with Crippen molar-refractivity contribution in [2.45, 2.75) is 6.18 Å². The lowest BCUT2D eigenvalue weighted by atomic mass is 10.2. The summed E-state index contributed by atoms with van der Waals surface area (Å²) in [5.74, 6) is -0.792. The molecule has 0 aliphatic carbocycles. The molecule has 0 fully saturated rings. The van der Waals surface area contributed by atoms with E-state index in [-0.39, 0.29) is 5.56 Å². The molecule has 0 spiro atoms. The van der Waals surface area contributed by atoms with Gasteiger partial charge >= 0.3 is 12.1 Å². The summed E-state index contributed by atoms with van der Waals surface area (Å²) >= 11 is 0. The molecule has 0 amide bonds. The average molecular weight is 249 g/mol. The van der Waals surface area contributed by atoms with Gasteiger partial charge in [0.05, 0.1) is 5.56 Å². The molecule has 0 aliphatic rings. The van der Waals surface area contributed by atoms with Crippen LogP contribution in [0.4, 0.5) is 18.9 Å². The van der Waals surface area contributed by atoms with Crippen LogP contribution in [0.3, 0.4) is 0 Å². The van der Waals surface area contributed by atoms with Crippen LogP contribution in [0.5, 0.6) is 0 Å². The number of hydrogen-bond acceptors (Lipinski definition) is 4. The first-order chi connectivity index (χ1) is 7.88. The summed E-state index contributed by atoms with van der Waals surface area (Å²) in [7, 11) is 0. The maximum atomic E-state index is 11.7. The smallest absolute Gasteiger partial charge is 0.411 e. The van der Waals surface area contributed by atoms with Crippen molar-refractivity contribution in [2.75, 3.05) is 19.1 Å². The van der Waals surface area contributed by atoms with Crippen LogP contribution in [0.15, 0.2) is 24.3 Å². The molecule has 1 rings (SSSR count). The number of anilines is 1. The second-order valence-electron chi connectivity index (χ2n) is 3.14. The molecule has 1 aromatic carbocycles. The molecule has 94 valence electrons. The molecule has 7 heteroatoms. The number of halogens is 3. The number of alkyl halides is 3. The summed E-state index contributed by atoms with van der Waals surface area (Å²) in [5, 5.41) is 0. The second-order valence-corrected chi connectivity index (χ2v) is 3.14. The third-order valence-electron chi connectivity index (χ3n) is 1.66. The number of hydrogen-bond donors (Lipinski definition) is 1. The number of carbonyl (C=O) groups is 1. The largest absolute Gasteiger partial charge is 0.435 e. The van der Waals surface area contributed by atoms with Gasteiger partial charge in [-0.25, -0.2) is 4.79 Å². The fourth-order valence-electron chi connectivity index (χ4n) is 1.00. The lowest BCUT2D eigenvalue weighted by molar-refractivity contribution is -0.190. The highest BCUT2D eigenvalue weighted by Crippen LogP contribution is 2.14. The van der Waals surface area contributed by atoms with Crippen molar-refractivity contribution in [1.82, 2.24) is 0 Å². The number of benzene rings is 1. The van der Waals surface area contributed by atoms with Gasteiger partial charge in [0, 0.05) is 5.69 Å². The second kappa shape index (κ2) is 5.53. The Morgan fingerprint density at radius 3 is 2.65 bits per heavy atom. The first-order valence-electron chi connectivity index (χ1n) is 4.55. The van der Waals surface area contributed by atoms with Crippen LogP contribution in [-0.2, 0) is 9.47 Å². The topological polar surface area (TPSA) is 61.6 Å². The van der Waals surface area contributed by atoms with E-state index < -0.39 is 25.5 Å². The van der Waals surface area contributed by atoms with Crippen molar-refractivity contribution >= 4 is 11.7 Å². The van der Waals surface area contributed by atoms with Crippen molar-refractivity contribution in [3.8, 4) is 0 Å². The quantitative estimate of drug-likeness (QED) is 0.383. The van der Waals surface area contributed by atoms with Crippen LogP contribution in [0.2, 0.25) is 0 Å². The maximum absolute atomic E-state index is 11.7. The first-order valence-corrected chi connectivity index (χ1v) is 4.55. The molecule has 1 aromatic rings. The average Bonchev–Trinajstić information content (AvgIpc) is 2.23. The summed E-state index contributed by atoms with van der Waals surface area (Å²) in [6.45, 7) is -2.22. The van der Waals surface area contributed by atoms with E-state index in [0.29, 0.717) is 5.69 Å². The molecule has 0 aromatic heterocycles. The molecular formula is C10H10F3NO3. The Balaban J connectivity index is 2.36. The van der Waals surface area contributed by atoms with E-state index in [1.54, 1.807) is 6.07 Å². The lowest BCUT2D eigenvalue weighted by Crippen LogP contribution is -2.19. The number of ether oxygens (including phenoxy) is 2. The zero-order valence-corrected chi connectivity index (χ0v) is 8.66. The highest BCUT2D eigenvalue weighted by Gasteiger charge is 2.27. The Morgan fingerprint density at radius 2 is 2.06 bits per heavy atom. The summed E-state index contributed by atoms with van der Waals surface area (Å²) in [6, 6.07) is 5.88. The molecule has 17 heavy (non-hydrogen) atoms. The molecule has 2 N–H and O–H groups in total. The van der Waals surface area contributed by atoms with Gasteiger partial charge in [-0.3, -0.25) is 0 Å². The van der Waals surface area contributed by atoms with Crippen molar-refractivity contribution in [2.24, 2.45) is 0 Å². The van der Waals surface area contributed by atoms with E-state index in [1.165, 1.54) is 18.2 Å². The van der Waals surface area contributed by atoms with E-state index in [1.807, 2.05) is 0 Å². The van der Waals surface area contributed by atoms with E-state index in [9.17, 15) is 18.0 Å². The van der Waals surface area contributed by atoms with Crippen molar-refractivity contribution in [3.05, 3.63) is 29.8 Å². The Morgan fingerprint density at radius 1 is 1.35 bits per heavy atom. The molecule has 4 nitrogen and oxygen atoms in total. The molecule has 0 heterocycles. The van der Waals surface area contributed by atoms with Crippen molar-refractivity contribution < 1.29 is 27.4 Å². The van der Waals surface area contributed by atoms with Gasteiger partial charge in [0.25, 0.3) is 0 Å². The van der Waals surface area contributed by atoms with E-state index in [2.05, 4.69) is 9.47 Å². The fraction of sp³-hybridized carbons (Fsp3) is 0.300. The van der Waals surface area contributed by atoms with Crippen LogP contribution in [-0.4, -0.2) is 25.5 Å². The highest BCUT2D eigenvalue weighted by atomic mass is 19.4. The van der Waals surface area contributed by atoms with Gasteiger partial charge in [-0.05, 0) is 18.2 Å². The van der Waals surface area contributed by atoms with Crippen molar-refractivity contribution in [1.29, 1.82) is 0 Å². The van der Waals surface area contributed by atoms with Gasteiger partial charge in [0.15, 0.2) is 6.79 Å². The Kier molecular flexibility index (Phi) is 4.33. The van der Waals surface area contributed by atoms with Crippen LogP contribution in [0.1, 0.15) is 10.4 Å². The van der Waals surface area contributed by atoms with Crippen LogP contribution < -0.4 is 5.73 Å². The van der Waals surface area contributed by atoms with Gasteiger partial charge < -0.3 is 15.2 Å². The Bertz CT molecular complexity index is 393. The molecule has 0 radical (unpaired) electrons. The van der Waals surface area contributed by atoms with E-state index >= 15 is 0 Å². The molecule has 0 atom stereocenters. The minimum absolute atomic E-state index is 0.153. The van der Waals surface area contributed by atoms with E-state index in [4.69, 9.17) is 5.73 Å². The molecule has 0 saturated carbocycles. The third kappa shape index (κ3) is 5.21. The molecule has 0 unspecified atom stereocenters. The fourth-order valence-corrected chi connectivity index (χ4v) is 1.00. The SMILES string of the molecule is Nc1cccc(C(=O)OCOCC(F)(F)F)c1. The normalized spacial score (nSPS) is 11.2.